The van der Waals surface area contributed by atoms with Gasteiger partial charge in [-0.1, -0.05) is 22.9 Å². The second kappa shape index (κ2) is 6.18. The van der Waals surface area contributed by atoms with E-state index in [0.717, 1.165) is 0 Å². The van der Waals surface area contributed by atoms with Gasteiger partial charge >= 0.3 is 0 Å². The van der Waals surface area contributed by atoms with Gasteiger partial charge < -0.3 is 4.74 Å². The molecule has 92 valence electrons. The molecule has 0 aromatic carbocycles. The van der Waals surface area contributed by atoms with E-state index in [1.807, 2.05) is 27.7 Å². The normalized spacial score (nSPS) is 15.3. The van der Waals surface area contributed by atoms with Crippen molar-refractivity contribution < 1.29 is 13.2 Å². The van der Waals surface area contributed by atoms with Gasteiger partial charge in [0.05, 0.1) is 12.4 Å². The number of sulfonamides is 1. The molecule has 0 aliphatic carbocycles. The van der Waals surface area contributed by atoms with Gasteiger partial charge in [-0.25, -0.2) is 13.1 Å². The summed E-state index contributed by atoms with van der Waals surface area (Å²) >= 11 is 3.37. The van der Waals surface area contributed by atoms with Crippen molar-refractivity contribution in [2.24, 2.45) is 0 Å². The molecule has 0 saturated heterocycles. The van der Waals surface area contributed by atoms with Gasteiger partial charge in [-0.3, -0.25) is 0 Å². The Labute approximate surface area is 101 Å². The van der Waals surface area contributed by atoms with Gasteiger partial charge in [-0.2, -0.15) is 0 Å². The minimum atomic E-state index is -3.26. The van der Waals surface area contributed by atoms with E-state index in [4.69, 9.17) is 4.74 Å². The number of ether oxygens (including phenoxy) is 1. The maximum absolute atomic E-state index is 11.6. The summed E-state index contributed by atoms with van der Waals surface area (Å²) in [4.78, 5) is 0.0619. The van der Waals surface area contributed by atoms with Crippen LogP contribution in [0.5, 0.6) is 0 Å². The van der Waals surface area contributed by atoms with Crippen molar-refractivity contribution in [3.8, 4) is 0 Å². The number of halogens is 1. The molecule has 1 atom stereocenters. The first kappa shape index (κ1) is 15.3. The molecule has 0 aromatic rings. The number of hydrogen-bond acceptors (Lipinski definition) is 3. The van der Waals surface area contributed by atoms with E-state index in [2.05, 4.69) is 20.7 Å². The van der Waals surface area contributed by atoms with Gasteiger partial charge in [-0.15, -0.1) is 0 Å². The monoisotopic (exact) mass is 301 g/mol. The minimum absolute atomic E-state index is 0.00396. The average molecular weight is 302 g/mol. The fraction of sp³-hybridized carbons (Fsp3) is 1.00. The Hall–Kier alpha value is 0.350. The Bertz CT molecular complexity index is 275. The minimum Gasteiger partial charge on any atom is -0.381 e. The van der Waals surface area contributed by atoms with E-state index in [1.54, 1.807) is 0 Å². The first-order chi connectivity index (χ1) is 6.71. The number of nitrogens with one attached hydrogen (secondary N) is 1. The van der Waals surface area contributed by atoms with Crippen molar-refractivity contribution >= 4 is 26.0 Å². The molecule has 0 aliphatic rings. The largest absolute Gasteiger partial charge is 0.381 e. The van der Waals surface area contributed by atoms with Crippen molar-refractivity contribution in [2.45, 2.75) is 38.1 Å². The third-order valence-electron chi connectivity index (χ3n) is 2.11. The van der Waals surface area contributed by atoms with Crippen molar-refractivity contribution in [2.75, 3.05) is 19.0 Å². The van der Waals surface area contributed by atoms with Crippen LogP contribution in [0.3, 0.4) is 0 Å². The molecule has 0 bridgehead atoms. The summed E-state index contributed by atoms with van der Waals surface area (Å²) in [6.45, 7) is 8.19. The van der Waals surface area contributed by atoms with Gasteiger partial charge in [0, 0.05) is 17.0 Å². The van der Waals surface area contributed by atoms with Gasteiger partial charge in [-0.05, 0) is 20.8 Å². The molecule has 0 heterocycles. The molecule has 0 rings (SSSR count). The molecule has 0 radical (unpaired) electrons. The highest BCUT2D eigenvalue weighted by Crippen LogP contribution is 2.17. The molecule has 0 fully saturated rings. The topological polar surface area (TPSA) is 55.4 Å². The van der Waals surface area contributed by atoms with E-state index in [9.17, 15) is 8.42 Å². The zero-order valence-corrected chi connectivity index (χ0v) is 12.1. The van der Waals surface area contributed by atoms with E-state index in [-0.39, 0.29) is 17.2 Å². The molecule has 0 saturated carbocycles. The second-order valence-electron chi connectivity index (χ2n) is 3.96. The quantitative estimate of drug-likeness (QED) is 0.573. The van der Waals surface area contributed by atoms with Gasteiger partial charge in [0.15, 0.2) is 0 Å². The second-order valence-corrected chi connectivity index (χ2v) is 7.17. The molecule has 6 heteroatoms. The first-order valence-electron chi connectivity index (χ1n) is 4.94. The Kier molecular flexibility index (Phi) is 6.32. The molecule has 0 aliphatic heterocycles. The smallest absolute Gasteiger partial charge is 0.214 e. The van der Waals surface area contributed by atoms with Crippen LogP contribution in [0.2, 0.25) is 0 Å². The SMILES string of the molecule is CCOCCS(=O)(=O)NC(C)(C)C(C)Br. The number of alkyl halides is 1. The molecule has 0 spiro atoms. The van der Waals surface area contributed by atoms with E-state index >= 15 is 0 Å². The summed E-state index contributed by atoms with van der Waals surface area (Å²) in [5, 5.41) is 0. The van der Waals surface area contributed by atoms with Crippen LogP contribution in [0.25, 0.3) is 0 Å². The maximum Gasteiger partial charge on any atom is 0.214 e. The lowest BCUT2D eigenvalue weighted by Crippen LogP contribution is -2.49. The summed E-state index contributed by atoms with van der Waals surface area (Å²) in [5.74, 6) is 0.00396. The predicted molar refractivity (Wildman–Crippen MR) is 65.9 cm³/mol. The van der Waals surface area contributed by atoms with Crippen molar-refractivity contribution in [1.82, 2.24) is 4.72 Å². The summed E-state index contributed by atoms with van der Waals surface area (Å²) in [7, 11) is -3.26. The molecule has 15 heavy (non-hydrogen) atoms. The molecular formula is C9H20BrNO3S. The van der Waals surface area contributed by atoms with E-state index in [1.165, 1.54) is 0 Å². The van der Waals surface area contributed by atoms with Crippen LogP contribution >= 0.6 is 15.9 Å². The van der Waals surface area contributed by atoms with Crippen LogP contribution in [-0.2, 0) is 14.8 Å². The van der Waals surface area contributed by atoms with Gasteiger partial charge in [0.25, 0.3) is 0 Å². The Morgan fingerprint density at radius 1 is 1.47 bits per heavy atom. The average Bonchev–Trinajstić information content (AvgIpc) is 2.01. The van der Waals surface area contributed by atoms with Crippen LogP contribution < -0.4 is 4.72 Å². The fourth-order valence-electron chi connectivity index (χ4n) is 0.846. The van der Waals surface area contributed by atoms with Crippen LogP contribution in [0.4, 0.5) is 0 Å². The highest BCUT2D eigenvalue weighted by atomic mass is 79.9. The summed E-state index contributed by atoms with van der Waals surface area (Å²) in [5.41, 5.74) is -0.495. The lowest BCUT2D eigenvalue weighted by Gasteiger charge is -2.28. The Balaban J connectivity index is 4.26. The molecule has 1 N–H and O–H groups in total. The highest BCUT2D eigenvalue weighted by molar-refractivity contribution is 9.09. The molecule has 1 unspecified atom stereocenters. The highest BCUT2D eigenvalue weighted by Gasteiger charge is 2.28. The molecule has 0 amide bonds. The zero-order chi connectivity index (χ0) is 12.1. The zero-order valence-electron chi connectivity index (χ0n) is 9.71. The van der Waals surface area contributed by atoms with Gasteiger partial charge in [0.1, 0.15) is 0 Å². The predicted octanol–water partition coefficient (Wildman–Crippen LogP) is 1.50. The maximum atomic E-state index is 11.6. The van der Waals surface area contributed by atoms with Crippen LogP contribution in [0.15, 0.2) is 0 Å². The van der Waals surface area contributed by atoms with Crippen LogP contribution in [0, 0.1) is 0 Å². The van der Waals surface area contributed by atoms with Crippen LogP contribution in [-0.4, -0.2) is 37.8 Å². The summed E-state index contributed by atoms with van der Waals surface area (Å²) in [6, 6.07) is 0. The van der Waals surface area contributed by atoms with Crippen molar-refractivity contribution in [1.29, 1.82) is 0 Å². The lowest BCUT2D eigenvalue weighted by molar-refractivity contribution is 0.163. The third kappa shape index (κ3) is 6.50. The summed E-state index contributed by atoms with van der Waals surface area (Å²) < 4.78 is 30.9. The Morgan fingerprint density at radius 3 is 2.40 bits per heavy atom. The third-order valence-corrected chi connectivity index (χ3v) is 4.80. The molecule has 0 aromatic heterocycles. The van der Waals surface area contributed by atoms with E-state index < -0.39 is 15.6 Å². The first-order valence-corrected chi connectivity index (χ1v) is 7.51. The van der Waals surface area contributed by atoms with Gasteiger partial charge in [0.2, 0.25) is 10.0 Å². The lowest BCUT2D eigenvalue weighted by atomic mass is 10.0. The number of hydrogen-bond donors (Lipinski definition) is 1. The van der Waals surface area contributed by atoms with Crippen molar-refractivity contribution in [3.63, 3.8) is 0 Å². The molecule has 4 nitrogen and oxygen atoms in total. The van der Waals surface area contributed by atoms with Crippen LogP contribution in [0.1, 0.15) is 27.7 Å². The fourth-order valence-corrected chi connectivity index (χ4v) is 2.53. The van der Waals surface area contributed by atoms with Crippen molar-refractivity contribution in [3.05, 3.63) is 0 Å². The van der Waals surface area contributed by atoms with E-state index in [0.29, 0.717) is 6.61 Å². The Morgan fingerprint density at radius 2 is 2.00 bits per heavy atom. The summed E-state index contributed by atoms with van der Waals surface area (Å²) in [6.07, 6.45) is 0. The number of rotatable bonds is 7. The standard InChI is InChI=1S/C9H20BrNO3S/c1-5-14-6-7-15(12,13)11-9(3,4)8(2)10/h8,11H,5-7H2,1-4H3. The molecular weight excluding hydrogens is 282 g/mol.